The van der Waals surface area contributed by atoms with Crippen molar-refractivity contribution in [3.05, 3.63) is 40.8 Å². The molecule has 1 fully saturated rings. The zero-order valence-corrected chi connectivity index (χ0v) is 13.4. The molecule has 0 aliphatic carbocycles. The Morgan fingerprint density at radius 3 is 2.43 bits per heavy atom. The number of aromatic nitrogens is 4. The smallest absolute Gasteiger partial charge is 0.181 e. The molecule has 3 rings (SSSR count). The zero-order chi connectivity index (χ0) is 14.5. The highest BCUT2D eigenvalue weighted by atomic mass is 79.9. The summed E-state index contributed by atoms with van der Waals surface area (Å²) in [4.78, 5) is 2.35. The third-order valence-corrected chi connectivity index (χ3v) is 4.17. The van der Waals surface area contributed by atoms with Crippen molar-refractivity contribution in [1.82, 2.24) is 25.1 Å². The molecule has 5 nitrogen and oxygen atoms in total. The highest BCUT2D eigenvalue weighted by molar-refractivity contribution is 9.10. The van der Waals surface area contributed by atoms with Gasteiger partial charge in [-0.3, -0.25) is 0 Å². The van der Waals surface area contributed by atoms with Gasteiger partial charge in [0.1, 0.15) is 0 Å². The van der Waals surface area contributed by atoms with Gasteiger partial charge in [-0.2, -0.15) is 4.68 Å². The number of likely N-dealkylation sites (tertiary alicyclic amines) is 1. The molecule has 1 aromatic heterocycles. The van der Waals surface area contributed by atoms with E-state index in [0.717, 1.165) is 29.1 Å². The quantitative estimate of drug-likeness (QED) is 0.854. The van der Waals surface area contributed by atoms with Gasteiger partial charge >= 0.3 is 0 Å². The van der Waals surface area contributed by atoms with E-state index in [-0.39, 0.29) is 0 Å². The summed E-state index contributed by atoms with van der Waals surface area (Å²) in [6.07, 6.45) is 9.31. The van der Waals surface area contributed by atoms with Crippen molar-refractivity contribution in [1.29, 1.82) is 0 Å². The maximum atomic E-state index is 4.10. The fraction of sp³-hybridized carbons (Fsp3) is 0.400. The van der Waals surface area contributed by atoms with Crippen LogP contribution in [0.15, 0.2) is 34.9 Å². The summed E-state index contributed by atoms with van der Waals surface area (Å²) in [5, 5.41) is 12.0. The molecule has 0 unspecified atom stereocenters. The Morgan fingerprint density at radius 2 is 1.71 bits per heavy atom. The summed E-state index contributed by atoms with van der Waals surface area (Å²) < 4.78 is 2.79. The maximum absolute atomic E-state index is 4.10. The van der Waals surface area contributed by atoms with Gasteiger partial charge < -0.3 is 4.90 Å². The second-order valence-corrected chi connectivity index (χ2v) is 6.11. The van der Waals surface area contributed by atoms with Crippen molar-refractivity contribution in [3.63, 3.8) is 0 Å². The summed E-state index contributed by atoms with van der Waals surface area (Å²) in [6, 6.07) is 7.95. The van der Waals surface area contributed by atoms with Crippen molar-refractivity contribution < 1.29 is 0 Å². The molecule has 1 aromatic carbocycles. The van der Waals surface area contributed by atoms with E-state index in [2.05, 4.69) is 42.6 Å². The fourth-order valence-corrected chi connectivity index (χ4v) is 2.74. The van der Waals surface area contributed by atoms with Crippen LogP contribution in [0.5, 0.6) is 0 Å². The highest BCUT2D eigenvalue weighted by Gasteiger charge is 2.07. The van der Waals surface area contributed by atoms with E-state index < -0.39 is 0 Å². The summed E-state index contributed by atoms with van der Waals surface area (Å²) in [7, 11) is 0. The first-order chi connectivity index (χ1) is 10.3. The monoisotopic (exact) mass is 347 g/mol. The number of rotatable bonds is 3. The molecule has 0 spiro atoms. The standard InChI is InChI=1S/C15H18BrN5/c16-13-5-7-14(8-6-13)21-15(17-18-19-21)9-12-20-10-3-1-2-4-11-20/h5-9,12H,1-4,10-11H2. The maximum Gasteiger partial charge on any atom is 0.181 e. The van der Waals surface area contributed by atoms with Crippen LogP contribution in [0.2, 0.25) is 0 Å². The molecule has 21 heavy (non-hydrogen) atoms. The Balaban J connectivity index is 1.77. The Morgan fingerprint density at radius 1 is 1.00 bits per heavy atom. The average molecular weight is 348 g/mol. The van der Waals surface area contributed by atoms with Gasteiger partial charge in [0.25, 0.3) is 0 Å². The number of hydrogen-bond donors (Lipinski definition) is 0. The van der Waals surface area contributed by atoms with Crippen molar-refractivity contribution in [2.75, 3.05) is 13.1 Å². The van der Waals surface area contributed by atoms with E-state index in [9.17, 15) is 0 Å². The van der Waals surface area contributed by atoms with Gasteiger partial charge in [0.05, 0.1) is 5.69 Å². The Kier molecular flexibility index (Phi) is 4.65. The predicted octanol–water partition coefficient (Wildman–Crippen LogP) is 3.27. The average Bonchev–Trinajstić information content (AvgIpc) is 2.81. The van der Waals surface area contributed by atoms with Crippen LogP contribution in [-0.2, 0) is 0 Å². The minimum absolute atomic E-state index is 0.751. The van der Waals surface area contributed by atoms with Crippen LogP contribution in [0.3, 0.4) is 0 Å². The van der Waals surface area contributed by atoms with Gasteiger partial charge in [0.15, 0.2) is 5.82 Å². The summed E-state index contributed by atoms with van der Waals surface area (Å²) in [5.41, 5.74) is 0.957. The van der Waals surface area contributed by atoms with Crippen molar-refractivity contribution in [2.24, 2.45) is 0 Å². The molecule has 6 heteroatoms. The van der Waals surface area contributed by atoms with Crippen LogP contribution in [0.1, 0.15) is 31.5 Å². The van der Waals surface area contributed by atoms with Gasteiger partial charge in [0, 0.05) is 29.8 Å². The molecule has 0 amide bonds. The molecular formula is C15H18BrN5. The van der Waals surface area contributed by atoms with E-state index in [1.54, 1.807) is 4.68 Å². The van der Waals surface area contributed by atoms with Gasteiger partial charge in [-0.1, -0.05) is 28.8 Å². The summed E-state index contributed by atoms with van der Waals surface area (Å²) in [6.45, 7) is 2.24. The van der Waals surface area contributed by atoms with Gasteiger partial charge in [-0.15, -0.1) is 5.10 Å². The molecule has 0 bridgehead atoms. The van der Waals surface area contributed by atoms with Gasteiger partial charge in [-0.25, -0.2) is 0 Å². The summed E-state index contributed by atoms with van der Waals surface area (Å²) in [5.74, 6) is 0.751. The predicted molar refractivity (Wildman–Crippen MR) is 85.9 cm³/mol. The molecule has 0 atom stereocenters. The highest BCUT2D eigenvalue weighted by Crippen LogP contribution is 2.15. The molecule has 0 saturated carbocycles. The fourth-order valence-electron chi connectivity index (χ4n) is 2.48. The first kappa shape index (κ1) is 14.3. The Bertz CT molecular complexity index is 597. The van der Waals surface area contributed by atoms with E-state index in [1.807, 2.05) is 30.3 Å². The second-order valence-electron chi connectivity index (χ2n) is 5.19. The zero-order valence-electron chi connectivity index (χ0n) is 11.8. The van der Waals surface area contributed by atoms with E-state index in [4.69, 9.17) is 0 Å². The Hall–Kier alpha value is -1.69. The lowest BCUT2D eigenvalue weighted by molar-refractivity contribution is 0.394. The van der Waals surface area contributed by atoms with Crippen LogP contribution in [0.4, 0.5) is 0 Å². The summed E-state index contributed by atoms with van der Waals surface area (Å²) >= 11 is 3.44. The number of hydrogen-bond acceptors (Lipinski definition) is 4. The van der Waals surface area contributed by atoms with Crippen molar-refractivity contribution in [3.8, 4) is 5.69 Å². The number of nitrogens with zero attached hydrogens (tertiary/aromatic N) is 5. The lowest BCUT2D eigenvalue weighted by Gasteiger charge is -2.16. The molecule has 1 aliphatic heterocycles. The minimum atomic E-state index is 0.751. The van der Waals surface area contributed by atoms with Crippen LogP contribution in [-0.4, -0.2) is 38.2 Å². The normalized spacial score (nSPS) is 16.3. The molecule has 2 aromatic rings. The third-order valence-electron chi connectivity index (χ3n) is 3.64. The van der Waals surface area contributed by atoms with E-state index in [1.165, 1.54) is 25.7 Å². The van der Waals surface area contributed by atoms with Crippen LogP contribution >= 0.6 is 15.9 Å². The number of benzene rings is 1. The van der Waals surface area contributed by atoms with Gasteiger partial charge in [-0.05, 0) is 47.5 Å². The third kappa shape index (κ3) is 3.69. The first-order valence-electron chi connectivity index (χ1n) is 7.29. The lowest BCUT2D eigenvalue weighted by Crippen LogP contribution is -2.17. The molecule has 1 aliphatic rings. The lowest BCUT2D eigenvalue weighted by atomic mass is 10.2. The largest absolute Gasteiger partial charge is 0.377 e. The van der Waals surface area contributed by atoms with Crippen LogP contribution in [0.25, 0.3) is 11.8 Å². The van der Waals surface area contributed by atoms with E-state index >= 15 is 0 Å². The van der Waals surface area contributed by atoms with Crippen LogP contribution in [0, 0.1) is 0 Å². The van der Waals surface area contributed by atoms with E-state index in [0.29, 0.717) is 0 Å². The van der Waals surface area contributed by atoms with Crippen LogP contribution < -0.4 is 0 Å². The molecule has 1 saturated heterocycles. The molecule has 2 heterocycles. The molecule has 110 valence electrons. The number of tetrazole rings is 1. The Labute approximate surface area is 132 Å². The topological polar surface area (TPSA) is 46.8 Å². The van der Waals surface area contributed by atoms with Gasteiger partial charge in [0.2, 0.25) is 0 Å². The molecule has 0 radical (unpaired) electrons. The van der Waals surface area contributed by atoms with Crippen molar-refractivity contribution >= 4 is 22.0 Å². The molecule has 0 N–H and O–H groups in total. The first-order valence-corrected chi connectivity index (χ1v) is 8.09. The molecular weight excluding hydrogens is 330 g/mol. The number of halogens is 1. The SMILES string of the molecule is Brc1ccc(-n2nnnc2C=CN2CCCCCC2)cc1. The van der Waals surface area contributed by atoms with Crippen molar-refractivity contribution in [2.45, 2.75) is 25.7 Å². The minimum Gasteiger partial charge on any atom is -0.377 e. The second kappa shape index (κ2) is 6.85.